The molecule has 0 bridgehead atoms. The maximum atomic E-state index is 3.42. The fourth-order valence-corrected chi connectivity index (χ4v) is 2.70. The summed E-state index contributed by atoms with van der Waals surface area (Å²) in [7, 11) is 8.51. The van der Waals surface area contributed by atoms with Crippen molar-refractivity contribution in [1.82, 2.24) is 15.1 Å². The first-order chi connectivity index (χ1) is 9.58. The Kier molecular flexibility index (Phi) is 5.40. The summed E-state index contributed by atoms with van der Waals surface area (Å²) in [5.74, 6) is 0. The molecular formula is C16H28N4. The molecule has 0 aromatic heterocycles. The van der Waals surface area contributed by atoms with Gasteiger partial charge in [-0.3, -0.25) is 4.90 Å². The zero-order valence-corrected chi connectivity index (χ0v) is 13.3. The number of nitrogens with one attached hydrogen (secondary N) is 1. The lowest BCUT2D eigenvalue weighted by Crippen LogP contribution is -2.46. The molecule has 1 N–H and O–H groups in total. The highest BCUT2D eigenvalue weighted by Crippen LogP contribution is 2.22. The Balaban J connectivity index is 2.07. The van der Waals surface area contributed by atoms with Gasteiger partial charge >= 0.3 is 0 Å². The molecule has 1 aliphatic heterocycles. The molecule has 112 valence electrons. The molecule has 1 aromatic carbocycles. The van der Waals surface area contributed by atoms with Crippen LogP contribution < -0.4 is 10.2 Å². The number of rotatable bonds is 5. The van der Waals surface area contributed by atoms with Gasteiger partial charge in [-0.15, -0.1) is 0 Å². The Morgan fingerprint density at radius 2 is 1.65 bits per heavy atom. The van der Waals surface area contributed by atoms with E-state index in [9.17, 15) is 0 Å². The molecule has 1 heterocycles. The standard InChI is InChI=1S/C16H28N4/c1-18(2)15-7-5-14(6-8-15)16(19(3)4)13-20-11-9-17-10-12-20/h5-8,16-17H,9-13H2,1-4H3. The Morgan fingerprint density at radius 3 is 2.15 bits per heavy atom. The molecule has 4 nitrogen and oxygen atoms in total. The summed E-state index contributed by atoms with van der Waals surface area (Å²) in [6.45, 7) is 5.63. The van der Waals surface area contributed by atoms with E-state index < -0.39 is 0 Å². The van der Waals surface area contributed by atoms with Gasteiger partial charge in [0.25, 0.3) is 0 Å². The van der Waals surface area contributed by atoms with Crippen LogP contribution in [0.25, 0.3) is 0 Å². The minimum absolute atomic E-state index is 0.462. The van der Waals surface area contributed by atoms with Gasteiger partial charge in [-0.2, -0.15) is 0 Å². The second-order valence-electron chi connectivity index (χ2n) is 6.02. The van der Waals surface area contributed by atoms with Crippen LogP contribution in [0.1, 0.15) is 11.6 Å². The zero-order valence-electron chi connectivity index (χ0n) is 13.3. The third-order valence-electron chi connectivity index (χ3n) is 4.06. The normalized spacial score (nSPS) is 18.2. The second-order valence-corrected chi connectivity index (χ2v) is 6.02. The number of hydrogen-bond acceptors (Lipinski definition) is 4. The molecule has 20 heavy (non-hydrogen) atoms. The van der Waals surface area contributed by atoms with Crippen molar-refractivity contribution < 1.29 is 0 Å². The van der Waals surface area contributed by atoms with Crippen molar-refractivity contribution >= 4 is 5.69 Å². The van der Waals surface area contributed by atoms with Crippen molar-refractivity contribution in [3.8, 4) is 0 Å². The van der Waals surface area contributed by atoms with Crippen molar-refractivity contribution in [2.24, 2.45) is 0 Å². The average molecular weight is 276 g/mol. The molecule has 1 aliphatic rings. The average Bonchev–Trinajstić information content (AvgIpc) is 2.45. The largest absolute Gasteiger partial charge is 0.378 e. The Hall–Kier alpha value is -1.10. The third kappa shape index (κ3) is 3.95. The van der Waals surface area contributed by atoms with E-state index in [1.54, 1.807) is 0 Å². The quantitative estimate of drug-likeness (QED) is 0.874. The predicted octanol–water partition coefficient (Wildman–Crippen LogP) is 1.26. The molecule has 1 aromatic rings. The third-order valence-corrected chi connectivity index (χ3v) is 4.06. The van der Waals surface area contributed by atoms with Crippen molar-refractivity contribution in [3.63, 3.8) is 0 Å². The number of anilines is 1. The molecule has 1 saturated heterocycles. The van der Waals surface area contributed by atoms with E-state index in [1.807, 2.05) is 0 Å². The Bertz CT molecular complexity index is 393. The highest BCUT2D eigenvalue weighted by atomic mass is 15.2. The summed E-state index contributed by atoms with van der Waals surface area (Å²) in [4.78, 5) is 7.03. The van der Waals surface area contributed by atoms with Crippen LogP contribution in [0, 0.1) is 0 Å². The van der Waals surface area contributed by atoms with E-state index in [0.29, 0.717) is 6.04 Å². The van der Waals surface area contributed by atoms with Gasteiger partial charge in [0, 0.05) is 58.5 Å². The van der Waals surface area contributed by atoms with Gasteiger partial charge in [0.1, 0.15) is 0 Å². The van der Waals surface area contributed by atoms with Crippen molar-refractivity contribution in [3.05, 3.63) is 29.8 Å². The minimum atomic E-state index is 0.462. The van der Waals surface area contributed by atoms with Crippen molar-refractivity contribution in [2.45, 2.75) is 6.04 Å². The van der Waals surface area contributed by atoms with E-state index in [-0.39, 0.29) is 0 Å². The lowest BCUT2D eigenvalue weighted by molar-refractivity contribution is 0.168. The molecule has 0 aliphatic carbocycles. The van der Waals surface area contributed by atoms with Gasteiger partial charge in [0.15, 0.2) is 0 Å². The molecule has 1 fully saturated rings. The summed E-state index contributed by atoms with van der Waals surface area (Å²) in [6.07, 6.45) is 0. The molecule has 2 rings (SSSR count). The van der Waals surface area contributed by atoms with Crippen LogP contribution in [0.2, 0.25) is 0 Å². The number of nitrogens with zero attached hydrogens (tertiary/aromatic N) is 3. The molecular weight excluding hydrogens is 248 g/mol. The fourth-order valence-electron chi connectivity index (χ4n) is 2.70. The molecule has 0 spiro atoms. The van der Waals surface area contributed by atoms with Gasteiger partial charge in [-0.05, 0) is 31.8 Å². The zero-order chi connectivity index (χ0) is 14.5. The Labute approximate surface area is 123 Å². The number of hydrogen-bond donors (Lipinski definition) is 1. The smallest absolute Gasteiger partial charge is 0.0469 e. The molecule has 0 radical (unpaired) electrons. The van der Waals surface area contributed by atoms with Crippen LogP contribution in [-0.4, -0.2) is 70.7 Å². The van der Waals surface area contributed by atoms with Crippen molar-refractivity contribution in [2.75, 3.05) is 65.8 Å². The van der Waals surface area contributed by atoms with Crippen LogP contribution in [0.15, 0.2) is 24.3 Å². The van der Waals surface area contributed by atoms with Crippen LogP contribution in [-0.2, 0) is 0 Å². The number of likely N-dealkylation sites (N-methyl/N-ethyl adjacent to an activating group) is 1. The summed E-state index contributed by atoms with van der Waals surface area (Å²) in [5, 5.41) is 3.42. The lowest BCUT2D eigenvalue weighted by Gasteiger charge is -2.34. The predicted molar refractivity (Wildman–Crippen MR) is 86.5 cm³/mol. The monoisotopic (exact) mass is 276 g/mol. The summed E-state index contributed by atoms with van der Waals surface area (Å²) in [5.41, 5.74) is 2.66. The summed E-state index contributed by atoms with van der Waals surface area (Å²) < 4.78 is 0. The van der Waals surface area contributed by atoms with Gasteiger partial charge in [0.05, 0.1) is 0 Å². The maximum Gasteiger partial charge on any atom is 0.0469 e. The maximum absolute atomic E-state index is 3.42. The van der Waals surface area contributed by atoms with E-state index in [0.717, 1.165) is 32.7 Å². The number of piperazine rings is 1. The fraction of sp³-hybridized carbons (Fsp3) is 0.625. The molecule has 0 amide bonds. The van der Waals surface area contributed by atoms with Gasteiger partial charge < -0.3 is 15.1 Å². The topological polar surface area (TPSA) is 21.8 Å². The van der Waals surface area contributed by atoms with Gasteiger partial charge in [0.2, 0.25) is 0 Å². The molecule has 1 unspecified atom stereocenters. The first-order valence-electron chi connectivity index (χ1n) is 7.44. The van der Waals surface area contributed by atoms with Gasteiger partial charge in [-0.25, -0.2) is 0 Å². The highest BCUT2D eigenvalue weighted by Gasteiger charge is 2.19. The highest BCUT2D eigenvalue weighted by molar-refractivity contribution is 5.46. The molecule has 0 saturated carbocycles. The Morgan fingerprint density at radius 1 is 1.05 bits per heavy atom. The second kappa shape index (κ2) is 7.07. The SMILES string of the molecule is CN(C)c1ccc(C(CN2CCNCC2)N(C)C)cc1. The van der Waals surface area contributed by atoms with Crippen LogP contribution in [0.5, 0.6) is 0 Å². The van der Waals surface area contributed by atoms with Gasteiger partial charge in [-0.1, -0.05) is 12.1 Å². The van der Waals surface area contributed by atoms with E-state index in [2.05, 4.69) is 72.5 Å². The minimum Gasteiger partial charge on any atom is -0.378 e. The molecule has 1 atom stereocenters. The van der Waals surface area contributed by atoms with Crippen LogP contribution >= 0.6 is 0 Å². The number of benzene rings is 1. The first kappa shape index (κ1) is 15.3. The van der Waals surface area contributed by atoms with Crippen LogP contribution in [0.3, 0.4) is 0 Å². The summed E-state index contributed by atoms with van der Waals surface area (Å²) in [6, 6.07) is 9.42. The summed E-state index contributed by atoms with van der Waals surface area (Å²) >= 11 is 0. The van der Waals surface area contributed by atoms with E-state index >= 15 is 0 Å². The molecule has 4 heteroatoms. The van der Waals surface area contributed by atoms with E-state index in [1.165, 1.54) is 11.3 Å². The van der Waals surface area contributed by atoms with Crippen LogP contribution in [0.4, 0.5) is 5.69 Å². The van der Waals surface area contributed by atoms with E-state index in [4.69, 9.17) is 0 Å². The lowest BCUT2D eigenvalue weighted by atomic mass is 10.0. The van der Waals surface area contributed by atoms with Crippen molar-refractivity contribution in [1.29, 1.82) is 0 Å². The first-order valence-corrected chi connectivity index (χ1v) is 7.44.